The zero-order chi connectivity index (χ0) is 14.4. The fourth-order valence-electron chi connectivity index (χ4n) is 1.72. The first-order valence-electron chi connectivity index (χ1n) is 6.69. The lowest BCUT2D eigenvalue weighted by Crippen LogP contribution is -2.27. The molecular weight excluding hydrogens is 270 g/mol. The van der Waals surface area contributed by atoms with Gasteiger partial charge in [0.05, 0.1) is 17.6 Å². The molecule has 0 aliphatic carbocycles. The number of furan rings is 1. The largest absolute Gasteiger partial charge is 0.468 e. The maximum atomic E-state index is 12.2. The van der Waals surface area contributed by atoms with E-state index in [0.717, 1.165) is 22.0 Å². The first kappa shape index (κ1) is 14.7. The first-order chi connectivity index (χ1) is 9.66. The fourth-order valence-corrected chi connectivity index (χ4v) is 2.67. The van der Waals surface area contributed by atoms with Crippen LogP contribution < -0.4 is 5.32 Å². The van der Waals surface area contributed by atoms with E-state index in [4.69, 9.17) is 4.42 Å². The smallest absolute Gasteiger partial charge is 0.252 e. The maximum absolute atomic E-state index is 12.2. The number of hydrogen-bond donors (Lipinski definition) is 1. The van der Waals surface area contributed by atoms with E-state index in [9.17, 15) is 4.79 Å². The van der Waals surface area contributed by atoms with Gasteiger partial charge in [-0.1, -0.05) is 26.0 Å². The second-order valence-corrected chi connectivity index (χ2v) is 5.99. The summed E-state index contributed by atoms with van der Waals surface area (Å²) >= 11 is 1.61. The molecule has 0 unspecified atom stereocenters. The first-order valence-corrected chi connectivity index (χ1v) is 7.68. The molecule has 3 nitrogen and oxygen atoms in total. The van der Waals surface area contributed by atoms with Gasteiger partial charge >= 0.3 is 0 Å². The van der Waals surface area contributed by atoms with E-state index in [1.807, 2.05) is 36.4 Å². The van der Waals surface area contributed by atoms with Gasteiger partial charge in [0, 0.05) is 11.4 Å². The summed E-state index contributed by atoms with van der Waals surface area (Å²) in [5.41, 5.74) is 0.727. The molecule has 106 valence electrons. The third kappa shape index (κ3) is 4.17. The molecule has 2 aromatic rings. The van der Waals surface area contributed by atoms with E-state index in [2.05, 4.69) is 19.2 Å². The van der Waals surface area contributed by atoms with Crippen LogP contribution in [-0.4, -0.2) is 12.5 Å². The normalized spacial score (nSPS) is 10.8. The van der Waals surface area contributed by atoms with Crippen LogP contribution in [0.15, 0.2) is 52.0 Å². The third-order valence-corrected chi connectivity index (χ3v) is 3.85. The average molecular weight is 289 g/mol. The summed E-state index contributed by atoms with van der Waals surface area (Å²) in [6.45, 7) is 4.85. The van der Waals surface area contributed by atoms with Crippen molar-refractivity contribution in [2.45, 2.75) is 24.5 Å². The molecule has 1 N–H and O–H groups in total. The van der Waals surface area contributed by atoms with Crippen LogP contribution in [0.2, 0.25) is 0 Å². The number of thioether (sulfide) groups is 1. The summed E-state index contributed by atoms with van der Waals surface area (Å²) in [6.07, 6.45) is 1.66. The van der Waals surface area contributed by atoms with E-state index in [1.54, 1.807) is 18.0 Å². The van der Waals surface area contributed by atoms with Crippen molar-refractivity contribution in [1.29, 1.82) is 0 Å². The summed E-state index contributed by atoms with van der Waals surface area (Å²) in [6, 6.07) is 11.5. The number of benzene rings is 1. The van der Waals surface area contributed by atoms with Crippen LogP contribution in [0.25, 0.3) is 0 Å². The van der Waals surface area contributed by atoms with Crippen LogP contribution in [0.4, 0.5) is 0 Å². The molecule has 1 heterocycles. The zero-order valence-electron chi connectivity index (χ0n) is 11.8. The molecule has 1 aromatic carbocycles. The van der Waals surface area contributed by atoms with Gasteiger partial charge in [0.25, 0.3) is 5.91 Å². The predicted octanol–water partition coefficient (Wildman–Crippen LogP) is 3.96. The van der Waals surface area contributed by atoms with E-state index >= 15 is 0 Å². The van der Waals surface area contributed by atoms with Crippen LogP contribution in [0.3, 0.4) is 0 Å². The fraction of sp³-hybridized carbons (Fsp3) is 0.312. The summed E-state index contributed by atoms with van der Waals surface area (Å²) in [7, 11) is 0. The molecule has 1 amide bonds. The van der Waals surface area contributed by atoms with Gasteiger partial charge in [-0.2, -0.15) is 0 Å². The van der Waals surface area contributed by atoms with Crippen LogP contribution >= 0.6 is 11.8 Å². The van der Waals surface area contributed by atoms with Gasteiger partial charge in [-0.05, 0) is 30.2 Å². The minimum Gasteiger partial charge on any atom is -0.468 e. The molecule has 0 atom stereocenters. The topological polar surface area (TPSA) is 42.2 Å². The van der Waals surface area contributed by atoms with Crippen molar-refractivity contribution in [3.8, 4) is 0 Å². The molecule has 0 aliphatic heterocycles. The highest BCUT2D eigenvalue weighted by Gasteiger charge is 2.11. The van der Waals surface area contributed by atoms with Gasteiger partial charge in [-0.3, -0.25) is 4.79 Å². The van der Waals surface area contributed by atoms with Crippen LogP contribution in [0, 0.1) is 5.92 Å². The molecule has 0 fully saturated rings. The minimum absolute atomic E-state index is 0.0127. The van der Waals surface area contributed by atoms with Crippen molar-refractivity contribution in [2.75, 3.05) is 6.54 Å². The van der Waals surface area contributed by atoms with Gasteiger partial charge in [0.2, 0.25) is 0 Å². The van der Waals surface area contributed by atoms with Gasteiger partial charge in [0.15, 0.2) is 0 Å². The monoisotopic (exact) mass is 289 g/mol. The molecule has 0 bridgehead atoms. The molecular formula is C16H19NO2S. The Morgan fingerprint density at radius 3 is 2.75 bits per heavy atom. The third-order valence-electron chi connectivity index (χ3n) is 2.75. The SMILES string of the molecule is CC(C)CNC(=O)c1ccccc1SCc1ccco1. The Labute approximate surface area is 123 Å². The van der Waals surface area contributed by atoms with Crippen molar-refractivity contribution in [3.05, 3.63) is 54.0 Å². The number of hydrogen-bond acceptors (Lipinski definition) is 3. The van der Waals surface area contributed by atoms with Crippen LogP contribution in [0.1, 0.15) is 30.0 Å². The van der Waals surface area contributed by atoms with Gasteiger partial charge in [-0.25, -0.2) is 0 Å². The van der Waals surface area contributed by atoms with Gasteiger partial charge in [0.1, 0.15) is 5.76 Å². The Balaban J connectivity index is 2.03. The number of nitrogens with one attached hydrogen (secondary N) is 1. The number of carbonyl (C=O) groups is 1. The second kappa shape index (κ2) is 7.20. The van der Waals surface area contributed by atoms with Crippen molar-refractivity contribution in [2.24, 2.45) is 5.92 Å². The standard InChI is InChI=1S/C16H19NO2S/c1-12(2)10-17-16(18)14-7-3-4-8-15(14)20-11-13-6-5-9-19-13/h3-9,12H,10-11H2,1-2H3,(H,17,18). The Kier molecular flexibility index (Phi) is 5.30. The second-order valence-electron chi connectivity index (χ2n) is 4.97. The summed E-state index contributed by atoms with van der Waals surface area (Å²) in [5, 5.41) is 2.96. The van der Waals surface area contributed by atoms with Gasteiger partial charge < -0.3 is 9.73 Å². The van der Waals surface area contributed by atoms with E-state index in [-0.39, 0.29) is 5.91 Å². The average Bonchev–Trinajstić information content (AvgIpc) is 2.96. The molecule has 0 saturated carbocycles. The molecule has 4 heteroatoms. The van der Waals surface area contributed by atoms with E-state index < -0.39 is 0 Å². The lowest BCUT2D eigenvalue weighted by Gasteiger charge is -2.10. The van der Waals surface area contributed by atoms with Crippen molar-refractivity contribution < 1.29 is 9.21 Å². The molecule has 2 rings (SSSR count). The Morgan fingerprint density at radius 1 is 1.25 bits per heavy atom. The molecule has 20 heavy (non-hydrogen) atoms. The highest BCUT2D eigenvalue weighted by atomic mass is 32.2. The Morgan fingerprint density at radius 2 is 2.05 bits per heavy atom. The molecule has 0 radical (unpaired) electrons. The van der Waals surface area contributed by atoms with Crippen molar-refractivity contribution in [3.63, 3.8) is 0 Å². The summed E-state index contributed by atoms with van der Waals surface area (Å²) in [5.74, 6) is 2.07. The maximum Gasteiger partial charge on any atom is 0.252 e. The van der Waals surface area contributed by atoms with Crippen LogP contribution in [-0.2, 0) is 5.75 Å². The Bertz CT molecular complexity index is 549. The Hall–Kier alpha value is -1.68. The number of amides is 1. The lowest BCUT2D eigenvalue weighted by molar-refractivity contribution is 0.0946. The number of carbonyl (C=O) groups excluding carboxylic acids is 1. The quantitative estimate of drug-likeness (QED) is 0.819. The lowest BCUT2D eigenvalue weighted by atomic mass is 10.2. The van der Waals surface area contributed by atoms with Crippen molar-refractivity contribution >= 4 is 17.7 Å². The molecule has 0 spiro atoms. The van der Waals surface area contributed by atoms with Crippen molar-refractivity contribution in [1.82, 2.24) is 5.32 Å². The minimum atomic E-state index is -0.0127. The number of rotatable bonds is 6. The van der Waals surface area contributed by atoms with E-state index in [1.165, 1.54) is 0 Å². The van der Waals surface area contributed by atoms with Crippen LogP contribution in [0.5, 0.6) is 0 Å². The van der Waals surface area contributed by atoms with Gasteiger partial charge in [-0.15, -0.1) is 11.8 Å². The summed E-state index contributed by atoms with van der Waals surface area (Å²) < 4.78 is 5.31. The highest BCUT2D eigenvalue weighted by Crippen LogP contribution is 2.26. The zero-order valence-corrected chi connectivity index (χ0v) is 12.6. The van der Waals surface area contributed by atoms with E-state index in [0.29, 0.717) is 12.5 Å². The highest BCUT2D eigenvalue weighted by molar-refractivity contribution is 7.98. The molecule has 0 saturated heterocycles. The predicted molar refractivity (Wildman–Crippen MR) is 81.9 cm³/mol. The molecule has 1 aromatic heterocycles. The summed E-state index contributed by atoms with van der Waals surface area (Å²) in [4.78, 5) is 13.2. The molecule has 0 aliphatic rings.